The lowest BCUT2D eigenvalue weighted by Gasteiger charge is -2.34. The van der Waals surface area contributed by atoms with Crippen LogP contribution >= 0.6 is 0 Å². The van der Waals surface area contributed by atoms with Gasteiger partial charge in [0.05, 0.1) is 11.5 Å². The molecule has 8 heteroatoms. The number of fused-ring (bicyclic) bond motifs is 1. The van der Waals surface area contributed by atoms with Crippen LogP contribution in [0.5, 0.6) is 5.75 Å². The number of hydrogen-bond acceptors (Lipinski definition) is 6. The summed E-state index contributed by atoms with van der Waals surface area (Å²) in [6.45, 7) is 1.66. The number of amides is 1. The van der Waals surface area contributed by atoms with Crippen LogP contribution in [0.3, 0.4) is 0 Å². The van der Waals surface area contributed by atoms with Crippen molar-refractivity contribution in [3.8, 4) is 5.75 Å². The van der Waals surface area contributed by atoms with Crippen molar-refractivity contribution in [2.24, 2.45) is 0 Å². The van der Waals surface area contributed by atoms with E-state index in [1.807, 2.05) is 6.92 Å². The molecule has 1 aromatic heterocycles. The molecule has 0 N–H and O–H groups in total. The summed E-state index contributed by atoms with van der Waals surface area (Å²) in [6, 6.07) is 6.39. The minimum atomic E-state index is -3.08. The lowest BCUT2D eigenvalue weighted by Crippen LogP contribution is -2.48. The minimum absolute atomic E-state index is 0.0373. The van der Waals surface area contributed by atoms with Crippen molar-refractivity contribution in [1.29, 1.82) is 0 Å². The summed E-state index contributed by atoms with van der Waals surface area (Å²) in [4.78, 5) is 26.4. The topological polar surface area (TPSA) is 93.9 Å². The first-order valence-electron chi connectivity index (χ1n) is 10.0. The van der Waals surface area contributed by atoms with Crippen molar-refractivity contribution >= 4 is 26.7 Å². The third-order valence-electron chi connectivity index (χ3n) is 5.89. The Morgan fingerprint density at radius 3 is 2.62 bits per heavy atom. The van der Waals surface area contributed by atoms with E-state index in [9.17, 15) is 18.0 Å². The zero-order valence-electron chi connectivity index (χ0n) is 16.4. The van der Waals surface area contributed by atoms with Crippen LogP contribution in [0, 0.1) is 6.92 Å². The molecule has 156 valence electrons. The molecular weight excluding hydrogens is 394 g/mol. The molecule has 0 unspecified atom stereocenters. The molecule has 1 aliphatic carbocycles. The van der Waals surface area contributed by atoms with E-state index in [2.05, 4.69) is 0 Å². The van der Waals surface area contributed by atoms with Crippen LogP contribution in [0.1, 0.15) is 37.7 Å². The molecule has 1 aromatic carbocycles. The minimum Gasteiger partial charge on any atom is -0.484 e. The molecule has 2 aliphatic rings. The second-order valence-corrected chi connectivity index (χ2v) is 10.2. The molecule has 0 bridgehead atoms. The number of benzene rings is 1. The molecule has 2 heterocycles. The molecule has 0 spiro atoms. The van der Waals surface area contributed by atoms with E-state index in [0.29, 0.717) is 17.8 Å². The van der Waals surface area contributed by atoms with Gasteiger partial charge in [-0.3, -0.25) is 4.79 Å². The van der Waals surface area contributed by atoms with Gasteiger partial charge in [-0.05, 0) is 43.9 Å². The Morgan fingerprint density at radius 1 is 1.17 bits per heavy atom. The van der Waals surface area contributed by atoms with Crippen molar-refractivity contribution in [2.75, 3.05) is 18.1 Å². The molecule has 1 amide bonds. The molecule has 0 radical (unpaired) electrons. The summed E-state index contributed by atoms with van der Waals surface area (Å²) >= 11 is 0. The highest BCUT2D eigenvalue weighted by atomic mass is 32.2. The van der Waals surface area contributed by atoms with Crippen LogP contribution in [-0.4, -0.2) is 49.4 Å². The van der Waals surface area contributed by atoms with Gasteiger partial charge in [0.2, 0.25) is 0 Å². The van der Waals surface area contributed by atoms with Gasteiger partial charge in [-0.1, -0.05) is 12.8 Å². The molecule has 1 aliphatic heterocycles. The van der Waals surface area contributed by atoms with Crippen LogP contribution < -0.4 is 10.4 Å². The molecule has 29 heavy (non-hydrogen) atoms. The van der Waals surface area contributed by atoms with E-state index in [-0.39, 0.29) is 36.1 Å². The lowest BCUT2D eigenvalue weighted by atomic mass is 10.1. The number of sulfone groups is 1. The zero-order valence-corrected chi connectivity index (χ0v) is 17.2. The van der Waals surface area contributed by atoms with Gasteiger partial charge in [-0.2, -0.15) is 0 Å². The van der Waals surface area contributed by atoms with E-state index < -0.39 is 15.5 Å². The van der Waals surface area contributed by atoms with E-state index in [1.54, 1.807) is 23.1 Å². The number of rotatable bonds is 5. The fourth-order valence-corrected chi connectivity index (χ4v) is 6.21. The van der Waals surface area contributed by atoms with Crippen molar-refractivity contribution in [2.45, 2.75) is 51.1 Å². The van der Waals surface area contributed by atoms with Crippen molar-refractivity contribution in [3.05, 3.63) is 40.2 Å². The quantitative estimate of drug-likeness (QED) is 0.691. The first-order chi connectivity index (χ1) is 13.8. The van der Waals surface area contributed by atoms with Gasteiger partial charge in [0.15, 0.2) is 16.4 Å². The third kappa shape index (κ3) is 4.32. The third-order valence-corrected chi connectivity index (χ3v) is 7.64. The summed E-state index contributed by atoms with van der Waals surface area (Å²) in [7, 11) is -3.08. The van der Waals surface area contributed by atoms with Gasteiger partial charge in [0.25, 0.3) is 5.91 Å². The number of carbonyl (C=O) groups excluding carboxylic acids is 1. The number of hydrogen-bond donors (Lipinski definition) is 0. The van der Waals surface area contributed by atoms with Crippen LogP contribution in [0.2, 0.25) is 0 Å². The highest BCUT2D eigenvalue weighted by molar-refractivity contribution is 7.91. The number of aryl methyl sites for hydroxylation is 1. The van der Waals surface area contributed by atoms with E-state index in [1.165, 1.54) is 6.07 Å². The summed E-state index contributed by atoms with van der Waals surface area (Å²) in [5.41, 5.74) is 0.793. The fraction of sp³-hybridized carbons (Fsp3) is 0.524. The van der Waals surface area contributed by atoms with Crippen molar-refractivity contribution < 1.29 is 22.4 Å². The van der Waals surface area contributed by atoms with E-state index in [4.69, 9.17) is 9.15 Å². The van der Waals surface area contributed by atoms with Gasteiger partial charge < -0.3 is 14.1 Å². The largest absolute Gasteiger partial charge is 0.484 e. The Balaban J connectivity index is 1.50. The maximum absolute atomic E-state index is 13.0. The second kappa shape index (κ2) is 7.82. The Morgan fingerprint density at radius 2 is 1.93 bits per heavy atom. The average molecular weight is 419 g/mol. The first-order valence-corrected chi connectivity index (χ1v) is 11.8. The van der Waals surface area contributed by atoms with Crippen molar-refractivity contribution in [1.82, 2.24) is 4.90 Å². The maximum Gasteiger partial charge on any atom is 0.336 e. The van der Waals surface area contributed by atoms with Gasteiger partial charge >= 0.3 is 5.63 Å². The molecule has 1 saturated heterocycles. The first kappa shape index (κ1) is 19.9. The lowest BCUT2D eigenvalue weighted by molar-refractivity contribution is -0.137. The molecule has 2 fully saturated rings. The number of carbonyl (C=O) groups is 1. The smallest absolute Gasteiger partial charge is 0.336 e. The second-order valence-electron chi connectivity index (χ2n) is 7.99. The Bertz CT molecular complexity index is 1080. The predicted molar refractivity (Wildman–Crippen MR) is 109 cm³/mol. The molecule has 4 rings (SSSR count). The predicted octanol–water partition coefficient (Wildman–Crippen LogP) is 2.44. The van der Waals surface area contributed by atoms with Crippen LogP contribution in [0.15, 0.2) is 33.5 Å². The SMILES string of the molecule is Cc1cc(=O)oc2cc(OCC(=O)N(C3CCCC3)[C@@H]3CCS(=O)(=O)C3)ccc12. The Kier molecular flexibility index (Phi) is 5.38. The molecule has 7 nitrogen and oxygen atoms in total. The van der Waals surface area contributed by atoms with Crippen molar-refractivity contribution in [3.63, 3.8) is 0 Å². The van der Waals surface area contributed by atoms with Gasteiger partial charge in [-0.15, -0.1) is 0 Å². The molecule has 1 saturated carbocycles. The summed E-state index contributed by atoms with van der Waals surface area (Å²) in [5, 5.41) is 0.812. The Hall–Kier alpha value is -2.35. The van der Waals surface area contributed by atoms with Gasteiger partial charge in [-0.25, -0.2) is 13.2 Å². The molecule has 2 aromatic rings. The summed E-state index contributed by atoms with van der Waals surface area (Å²) in [5.74, 6) is 0.420. The monoisotopic (exact) mass is 419 g/mol. The summed E-state index contributed by atoms with van der Waals surface area (Å²) < 4.78 is 34.8. The van der Waals surface area contributed by atoms with Crippen LogP contribution in [-0.2, 0) is 14.6 Å². The number of nitrogens with zero attached hydrogens (tertiary/aromatic N) is 1. The van der Waals surface area contributed by atoms with Gasteiger partial charge in [0.1, 0.15) is 11.3 Å². The van der Waals surface area contributed by atoms with Crippen LogP contribution in [0.4, 0.5) is 0 Å². The standard InChI is InChI=1S/C21H25NO6S/c1-14-10-21(24)28-19-11-17(6-7-18(14)19)27-12-20(23)22(15-4-2-3-5-15)16-8-9-29(25,26)13-16/h6-7,10-11,15-16H,2-5,8-9,12-13H2,1H3/t16-/m1/s1. The van der Waals surface area contributed by atoms with Crippen LogP contribution in [0.25, 0.3) is 11.0 Å². The fourth-order valence-electron chi connectivity index (χ4n) is 4.50. The van der Waals surface area contributed by atoms with E-state index >= 15 is 0 Å². The highest BCUT2D eigenvalue weighted by Gasteiger charge is 2.39. The molecular formula is C21H25NO6S. The number of ether oxygens (including phenoxy) is 1. The molecule has 1 atom stereocenters. The normalized spacial score (nSPS) is 21.5. The maximum atomic E-state index is 13.0. The summed E-state index contributed by atoms with van der Waals surface area (Å²) in [6.07, 6.45) is 4.41. The zero-order chi connectivity index (χ0) is 20.6. The van der Waals surface area contributed by atoms with E-state index in [0.717, 1.165) is 36.6 Å². The highest BCUT2D eigenvalue weighted by Crippen LogP contribution is 2.29. The van der Waals surface area contributed by atoms with Gasteiger partial charge in [0, 0.05) is 29.6 Å². The average Bonchev–Trinajstić information content (AvgIpc) is 3.30. The Labute approximate surface area is 169 Å².